The molecule has 112 valence electrons. The minimum atomic E-state index is -0.197. The number of benzene rings is 1. The second-order valence-electron chi connectivity index (χ2n) is 5.09. The standard InChI is InChI=1S/C14H18N4O3/c19-11-3-2-10(8-12(11)20)14-16-13(21-17-14)9-18-6-1-4-15-5-7-18/h2-3,8,15,19-20H,1,4-7,9H2. The van der Waals surface area contributed by atoms with Gasteiger partial charge < -0.3 is 20.1 Å². The Morgan fingerprint density at radius 2 is 2.10 bits per heavy atom. The van der Waals surface area contributed by atoms with E-state index in [9.17, 15) is 10.2 Å². The van der Waals surface area contributed by atoms with Crippen molar-refractivity contribution in [3.8, 4) is 22.9 Å². The number of hydrogen-bond donors (Lipinski definition) is 3. The van der Waals surface area contributed by atoms with Gasteiger partial charge in [0.25, 0.3) is 0 Å². The summed E-state index contributed by atoms with van der Waals surface area (Å²) in [6.45, 7) is 4.59. The molecule has 0 unspecified atom stereocenters. The molecule has 2 heterocycles. The summed E-state index contributed by atoms with van der Waals surface area (Å²) in [5.74, 6) is 0.602. The third kappa shape index (κ3) is 3.32. The molecule has 0 amide bonds. The lowest BCUT2D eigenvalue weighted by Gasteiger charge is -2.16. The minimum Gasteiger partial charge on any atom is -0.504 e. The number of nitrogens with zero attached hydrogens (tertiary/aromatic N) is 3. The lowest BCUT2D eigenvalue weighted by atomic mass is 10.2. The Morgan fingerprint density at radius 1 is 1.19 bits per heavy atom. The van der Waals surface area contributed by atoms with Crippen LogP contribution in [0.15, 0.2) is 22.7 Å². The molecule has 3 rings (SSSR count). The summed E-state index contributed by atoms with van der Waals surface area (Å²) in [7, 11) is 0. The molecule has 0 saturated carbocycles. The maximum atomic E-state index is 9.51. The Morgan fingerprint density at radius 3 is 2.95 bits per heavy atom. The highest BCUT2D eigenvalue weighted by molar-refractivity contribution is 5.59. The van der Waals surface area contributed by atoms with Crippen LogP contribution in [0, 0.1) is 0 Å². The van der Waals surface area contributed by atoms with Crippen molar-refractivity contribution in [3.63, 3.8) is 0 Å². The molecule has 1 aromatic heterocycles. The van der Waals surface area contributed by atoms with Gasteiger partial charge in [-0.1, -0.05) is 5.16 Å². The monoisotopic (exact) mass is 290 g/mol. The molecule has 7 heteroatoms. The second kappa shape index (κ2) is 6.11. The number of phenolic OH excluding ortho intramolecular Hbond substituents is 2. The zero-order valence-electron chi connectivity index (χ0n) is 11.6. The first-order valence-corrected chi connectivity index (χ1v) is 7.00. The van der Waals surface area contributed by atoms with Gasteiger partial charge in [-0.05, 0) is 37.7 Å². The van der Waals surface area contributed by atoms with Crippen LogP contribution in [0.4, 0.5) is 0 Å². The van der Waals surface area contributed by atoms with Crippen LogP contribution in [0.25, 0.3) is 11.4 Å². The molecule has 21 heavy (non-hydrogen) atoms. The summed E-state index contributed by atoms with van der Waals surface area (Å²) in [6, 6.07) is 4.46. The molecule has 2 aromatic rings. The van der Waals surface area contributed by atoms with E-state index in [2.05, 4.69) is 20.4 Å². The molecule has 7 nitrogen and oxygen atoms in total. The van der Waals surface area contributed by atoms with E-state index in [0.29, 0.717) is 23.8 Å². The number of hydrogen-bond acceptors (Lipinski definition) is 7. The summed E-state index contributed by atoms with van der Waals surface area (Å²) in [4.78, 5) is 6.61. The summed E-state index contributed by atoms with van der Waals surface area (Å²) in [5.41, 5.74) is 0.609. The predicted octanol–water partition coefficient (Wildman–Crippen LogP) is 0.943. The van der Waals surface area contributed by atoms with Crippen LogP contribution < -0.4 is 5.32 Å². The van der Waals surface area contributed by atoms with Crippen LogP contribution in [0.5, 0.6) is 11.5 Å². The lowest BCUT2D eigenvalue weighted by molar-refractivity contribution is 0.239. The lowest BCUT2D eigenvalue weighted by Crippen LogP contribution is -2.27. The fraction of sp³-hybridized carbons (Fsp3) is 0.429. The SMILES string of the molecule is Oc1ccc(-c2noc(CN3CCCNCC3)n2)cc1O. The highest BCUT2D eigenvalue weighted by Gasteiger charge is 2.15. The second-order valence-corrected chi connectivity index (χ2v) is 5.09. The summed E-state index contributed by atoms with van der Waals surface area (Å²) in [5, 5.41) is 26.1. The van der Waals surface area contributed by atoms with Crippen LogP contribution in [0.2, 0.25) is 0 Å². The van der Waals surface area contributed by atoms with Gasteiger partial charge in [0.15, 0.2) is 11.5 Å². The third-order valence-corrected chi connectivity index (χ3v) is 3.49. The van der Waals surface area contributed by atoms with E-state index in [1.807, 2.05) is 0 Å². The molecule has 0 radical (unpaired) electrons. The average molecular weight is 290 g/mol. The van der Waals surface area contributed by atoms with Gasteiger partial charge in [0.1, 0.15) is 0 Å². The van der Waals surface area contributed by atoms with Gasteiger partial charge in [-0.15, -0.1) is 0 Å². The number of rotatable bonds is 3. The van der Waals surface area contributed by atoms with Crippen molar-refractivity contribution in [1.29, 1.82) is 0 Å². The van der Waals surface area contributed by atoms with E-state index < -0.39 is 0 Å². The molecular formula is C14H18N4O3. The van der Waals surface area contributed by atoms with E-state index >= 15 is 0 Å². The fourth-order valence-electron chi connectivity index (χ4n) is 2.35. The van der Waals surface area contributed by atoms with Crippen LogP contribution in [-0.4, -0.2) is 51.4 Å². The van der Waals surface area contributed by atoms with E-state index in [1.165, 1.54) is 12.1 Å². The van der Waals surface area contributed by atoms with Crippen molar-refractivity contribution in [3.05, 3.63) is 24.1 Å². The van der Waals surface area contributed by atoms with E-state index in [4.69, 9.17) is 4.52 Å². The zero-order valence-corrected chi connectivity index (χ0v) is 11.6. The zero-order chi connectivity index (χ0) is 14.7. The maximum Gasteiger partial charge on any atom is 0.241 e. The minimum absolute atomic E-state index is 0.167. The first kappa shape index (κ1) is 13.8. The van der Waals surface area contributed by atoms with Gasteiger partial charge in [-0.2, -0.15) is 4.98 Å². The fourth-order valence-corrected chi connectivity index (χ4v) is 2.35. The van der Waals surface area contributed by atoms with Crippen molar-refractivity contribution in [2.45, 2.75) is 13.0 Å². The molecule has 0 bridgehead atoms. The number of aromatic hydroxyl groups is 2. The summed E-state index contributed by atoms with van der Waals surface area (Å²) >= 11 is 0. The molecule has 1 saturated heterocycles. The normalized spacial score (nSPS) is 16.8. The summed E-state index contributed by atoms with van der Waals surface area (Å²) < 4.78 is 5.27. The topological polar surface area (TPSA) is 94.7 Å². The third-order valence-electron chi connectivity index (χ3n) is 3.49. The Kier molecular flexibility index (Phi) is 4.03. The Labute approximate surface area is 122 Å². The van der Waals surface area contributed by atoms with E-state index in [1.54, 1.807) is 6.07 Å². The first-order valence-electron chi connectivity index (χ1n) is 7.00. The van der Waals surface area contributed by atoms with Gasteiger partial charge in [-0.25, -0.2) is 0 Å². The van der Waals surface area contributed by atoms with Gasteiger partial charge in [0.05, 0.1) is 6.54 Å². The van der Waals surface area contributed by atoms with Gasteiger partial charge in [0.2, 0.25) is 11.7 Å². The van der Waals surface area contributed by atoms with Gasteiger partial charge in [-0.3, -0.25) is 4.90 Å². The highest BCUT2D eigenvalue weighted by Crippen LogP contribution is 2.29. The van der Waals surface area contributed by atoms with Crippen molar-refractivity contribution in [2.24, 2.45) is 0 Å². The quantitative estimate of drug-likeness (QED) is 0.724. The largest absolute Gasteiger partial charge is 0.504 e. The first-order chi connectivity index (χ1) is 10.2. The Balaban J connectivity index is 1.71. The molecular weight excluding hydrogens is 272 g/mol. The average Bonchev–Trinajstić information content (AvgIpc) is 2.78. The molecule has 1 aromatic carbocycles. The molecule has 1 aliphatic heterocycles. The molecule has 1 fully saturated rings. The van der Waals surface area contributed by atoms with Crippen molar-refractivity contribution < 1.29 is 14.7 Å². The number of nitrogens with one attached hydrogen (secondary N) is 1. The van der Waals surface area contributed by atoms with Crippen LogP contribution in [0.1, 0.15) is 12.3 Å². The van der Waals surface area contributed by atoms with Crippen molar-refractivity contribution in [1.82, 2.24) is 20.4 Å². The van der Waals surface area contributed by atoms with Crippen molar-refractivity contribution >= 4 is 0 Å². The molecule has 0 spiro atoms. The van der Waals surface area contributed by atoms with Gasteiger partial charge in [0, 0.05) is 18.7 Å². The van der Waals surface area contributed by atoms with Crippen LogP contribution in [-0.2, 0) is 6.54 Å². The Bertz CT molecular complexity index is 606. The molecule has 1 aliphatic rings. The number of aromatic nitrogens is 2. The van der Waals surface area contributed by atoms with E-state index in [0.717, 1.165) is 32.6 Å². The highest BCUT2D eigenvalue weighted by atomic mass is 16.5. The van der Waals surface area contributed by atoms with Gasteiger partial charge >= 0.3 is 0 Å². The maximum absolute atomic E-state index is 9.51. The number of phenols is 2. The Hall–Kier alpha value is -2.12. The molecule has 0 atom stereocenters. The smallest absolute Gasteiger partial charge is 0.241 e. The van der Waals surface area contributed by atoms with Crippen molar-refractivity contribution in [2.75, 3.05) is 26.2 Å². The van der Waals surface area contributed by atoms with Crippen LogP contribution in [0.3, 0.4) is 0 Å². The predicted molar refractivity (Wildman–Crippen MR) is 75.8 cm³/mol. The van der Waals surface area contributed by atoms with Crippen LogP contribution >= 0.6 is 0 Å². The van der Waals surface area contributed by atoms with E-state index in [-0.39, 0.29) is 11.5 Å². The molecule has 0 aliphatic carbocycles. The summed E-state index contributed by atoms with van der Waals surface area (Å²) in [6.07, 6.45) is 1.10. The molecule has 3 N–H and O–H groups in total.